The topological polar surface area (TPSA) is 111 Å². The summed E-state index contributed by atoms with van der Waals surface area (Å²) in [5.41, 5.74) is 4.18. The van der Waals surface area contributed by atoms with Crippen molar-refractivity contribution in [2.45, 2.75) is 12.8 Å². The molecule has 0 unspecified atom stereocenters. The summed E-state index contributed by atoms with van der Waals surface area (Å²) in [6.07, 6.45) is 0.457. The number of carbonyl (C=O) groups is 2. The molecule has 0 atom stereocenters. The molecule has 0 radical (unpaired) electrons. The Balaban J connectivity index is 1.74. The van der Waals surface area contributed by atoms with Crippen LogP contribution >= 0.6 is 34.8 Å². The van der Waals surface area contributed by atoms with Crippen LogP contribution in [0.5, 0.6) is 5.75 Å². The zero-order valence-electron chi connectivity index (χ0n) is 14.2. The molecule has 2 amide bonds. The molecule has 11 heteroatoms. The zero-order valence-corrected chi connectivity index (χ0v) is 16.5. The summed E-state index contributed by atoms with van der Waals surface area (Å²) in [6.45, 7) is 0.233. The second-order valence-corrected chi connectivity index (χ2v) is 6.70. The monoisotopic (exact) mass is 445 g/mol. The Hall–Kier alpha value is -2.55. The standard InChI is InChI=1S/C17H14Cl3N3O5/c18-10-3-6-15(14(20)8-10)28-7-1-2-16(24)21-22-17(25)12-5-4-11(23(26)27)9-13(12)19/h3-6,8-9H,1-2,7H2,(H,21,24)(H,22,25). The van der Waals surface area contributed by atoms with Gasteiger partial charge >= 0.3 is 0 Å². The minimum Gasteiger partial charge on any atom is -0.492 e. The number of ether oxygens (including phenoxy) is 1. The lowest BCUT2D eigenvalue weighted by atomic mass is 10.2. The van der Waals surface area contributed by atoms with Gasteiger partial charge in [0.1, 0.15) is 5.75 Å². The maximum Gasteiger partial charge on any atom is 0.271 e. The molecular weight excluding hydrogens is 433 g/mol. The lowest BCUT2D eigenvalue weighted by Crippen LogP contribution is -2.41. The number of carbonyl (C=O) groups excluding carboxylic acids is 2. The van der Waals surface area contributed by atoms with Crippen LogP contribution in [0.3, 0.4) is 0 Å². The summed E-state index contributed by atoms with van der Waals surface area (Å²) in [5.74, 6) is -0.692. The second kappa shape index (κ2) is 10.1. The van der Waals surface area contributed by atoms with Crippen LogP contribution in [0.1, 0.15) is 23.2 Å². The highest BCUT2D eigenvalue weighted by Gasteiger charge is 2.15. The quantitative estimate of drug-likeness (QED) is 0.377. The van der Waals surface area contributed by atoms with E-state index in [0.717, 1.165) is 12.1 Å². The van der Waals surface area contributed by atoms with Crippen LogP contribution in [-0.2, 0) is 4.79 Å². The van der Waals surface area contributed by atoms with Gasteiger partial charge in [-0.25, -0.2) is 0 Å². The fourth-order valence-corrected chi connectivity index (χ4v) is 2.79. The summed E-state index contributed by atoms with van der Waals surface area (Å²) in [5, 5.41) is 11.4. The Morgan fingerprint density at radius 2 is 1.79 bits per heavy atom. The minimum absolute atomic E-state index is 0.00622. The summed E-state index contributed by atoms with van der Waals surface area (Å²) < 4.78 is 5.45. The van der Waals surface area contributed by atoms with Gasteiger partial charge in [-0.3, -0.25) is 30.6 Å². The average molecular weight is 447 g/mol. The van der Waals surface area contributed by atoms with Crippen LogP contribution in [-0.4, -0.2) is 23.3 Å². The molecule has 0 aliphatic heterocycles. The molecule has 0 saturated carbocycles. The van der Waals surface area contributed by atoms with Crippen molar-refractivity contribution in [1.82, 2.24) is 10.9 Å². The fraction of sp³-hybridized carbons (Fsp3) is 0.176. The molecule has 0 fully saturated rings. The van der Waals surface area contributed by atoms with Crippen LogP contribution in [0.2, 0.25) is 15.1 Å². The summed E-state index contributed by atoms with van der Waals surface area (Å²) in [4.78, 5) is 33.8. The van der Waals surface area contributed by atoms with Crippen molar-refractivity contribution in [2.24, 2.45) is 0 Å². The zero-order chi connectivity index (χ0) is 20.7. The third-order valence-corrected chi connectivity index (χ3v) is 4.27. The minimum atomic E-state index is -0.697. The van der Waals surface area contributed by atoms with E-state index < -0.39 is 16.7 Å². The number of hydrogen-bond donors (Lipinski definition) is 2. The van der Waals surface area contributed by atoms with Crippen LogP contribution in [0, 0.1) is 10.1 Å². The number of halogens is 3. The first-order chi connectivity index (χ1) is 13.3. The number of non-ortho nitro benzene ring substituents is 1. The number of amides is 2. The van der Waals surface area contributed by atoms with Gasteiger partial charge in [-0.05, 0) is 30.7 Å². The van der Waals surface area contributed by atoms with Gasteiger partial charge in [0.15, 0.2) is 0 Å². The summed E-state index contributed by atoms with van der Waals surface area (Å²) in [6, 6.07) is 8.20. The second-order valence-electron chi connectivity index (χ2n) is 5.45. The third-order valence-electron chi connectivity index (χ3n) is 3.42. The van der Waals surface area contributed by atoms with E-state index in [-0.39, 0.29) is 29.3 Å². The lowest BCUT2D eigenvalue weighted by Gasteiger charge is -2.10. The van der Waals surface area contributed by atoms with E-state index in [0.29, 0.717) is 22.2 Å². The van der Waals surface area contributed by atoms with E-state index in [1.54, 1.807) is 18.2 Å². The Labute approximate surface area is 174 Å². The number of hydrogen-bond acceptors (Lipinski definition) is 5. The molecule has 28 heavy (non-hydrogen) atoms. The van der Waals surface area contributed by atoms with Crippen molar-refractivity contribution in [3.8, 4) is 5.75 Å². The van der Waals surface area contributed by atoms with Gasteiger partial charge in [0.25, 0.3) is 11.6 Å². The molecule has 148 valence electrons. The highest BCUT2D eigenvalue weighted by molar-refractivity contribution is 6.35. The van der Waals surface area contributed by atoms with Gasteiger partial charge in [0.2, 0.25) is 5.91 Å². The van der Waals surface area contributed by atoms with Crippen LogP contribution in [0.15, 0.2) is 36.4 Å². The Bertz CT molecular complexity index is 908. The van der Waals surface area contributed by atoms with Crippen LogP contribution < -0.4 is 15.6 Å². The molecule has 2 rings (SSSR count). The van der Waals surface area contributed by atoms with Crippen molar-refractivity contribution < 1.29 is 19.2 Å². The van der Waals surface area contributed by atoms with Gasteiger partial charge in [-0.1, -0.05) is 34.8 Å². The number of rotatable bonds is 7. The van der Waals surface area contributed by atoms with Gasteiger partial charge in [0.05, 0.1) is 27.1 Å². The number of nitro benzene ring substituents is 1. The van der Waals surface area contributed by atoms with E-state index in [1.165, 1.54) is 6.07 Å². The van der Waals surface area contributed by atoms with E-state index >= 15 is 0 Å². The van der Waals surface area contributed by atoms with Gasteiger partial charge in [-0.2, -0.15) is 0 Å². The van der Waals surface area contributed by atoms with Crippen molar-refractivity contribution in [1.29, 1.82) is 0 Å². The summed E-state index contributed by atoms with van der Waals surface area (Å²) in [7, 11) is 0. The van der Waals surface area contributed by atoms with Crippen LogP contribution in [0.25, 0.3) is 0 Å². The number of nitrogens with one attached hydrogen (secondary N) is 2. The predicted octanol–water partition coefficient (Wildman–Crippen LogP) is 4.18. The van der Waals surface area contributed by atoms with Gasteiger partial charge < -0.3 is 4.74 Å². The van der Waals surface area contributed by atoms with Crippen molar-refractivity contribution >= 4 is 52.3 Å². The molecule has 2 N–H and O–H groups in total. The Morgan fingerprint density at radius 1 is 1.04 bits per heavy atom. The van der Waals surface area contributed by atoms with E-state index in [4.69, 9.17) is 39.5 Å². The smallest absolute Gasteiger partial charge is 0.271 e. The maximum atomic E-state index is 12.0. The fourth-order valence-electron chi connectivity index (χ4n) is 2.07. The van der Waals surface area contributed by atoms with E-state index in [1.807, 2.05) is 0 Å². The molecule has 0 aliphatic carbocycles. The first kappa shape index (κ1) is 21.7. The van der Waals surface area contributed by atoms with Crippen molar-refractivity contribution in [3.63, 3.8) is 0 Å². The van der Waals surface area contributed by atoms with E-state index in [9.17, 15) is 19.7 Å². The number of hydrazine groups is 1. The molecule has 2 aromatic carbocycles. The Kier molecular flexibility index (Phi) is 7.86. The molecule has 2 aromatic rings. The van der Waals surface area contributed by atoms with Gasteiger partial charge in [-0.15, -0.1) is 0 Å². The molecule has 0 bridgehead atoms. The molecule has 0 aromatic heterocycles. The molecule has 8 nitrogen and oxygen atoms in total. The highest BCUT2D eigenvalue weighted by Crippen LogP contribution is 2.27. The molecule has 0 spiro atoms. The number of nitro groups is 1. The maximum absolute atomic E-state index is 12.0. The van der Waals surface area contributed by atoms with Crippen molar-refractivity contribution in [2.75, 3.05) is 6.61 Å². The first-order valence-corrected chi connectivity index (χ1v) is 9.02. The van der Waals surface area contributed by atoms with Crippen molar-refractivity contribution in [3.05, 3.63) is 67.1 Å². The lowest BCUT2D eigenvalue weighted by molar-refractivity contribution is -0.384. The molecule has 0 heterocycles. The average Bonchev–Trinajstić information content (AvgIpc) is 2.64. The number of benzene rings is 2. The predicted molar refractivity (Wildman–Crippen MR) is 105 cm³/mol. The first-order valence-electron chi connectivity index (χ1n) is 7.89. The highest BCUT2D eigenvalue weighted by atomic mass is 35.5. The van der Waals surface area contributed by atoms with Gasteiger partial charge in [0, 0.05) is 23.6 Å². The molecule has 0 aliphatic rings. The largest absolute Gasteiger partial charge is 0.492 e. The SMILES string of the molecule is O=C(CCCOc1ccc(Cl)cc1Cl)NNC(=O)c1ccc([N+](=O)[O-])cc1Cl. The van der Waals surface area contributed by atoms with Crippen LogP contribution in [0.4, 0.5) is 5.69 Å². The number of nitrogens with zero attached hydrogens (tertiary/aromatic N) is 1. The Morgan fingerprint density at radius 3 is 2.43 bits per heavy atom. The third kappa shape index (κ3) is 6.26. The molecular formula is C17H14Cl3N3O5. The normalized spacial score (nSPS) is 10.2. The summed E-state index contributed by atoms with van der Waals surface area (Å²) >= 11 is 17.6. The molecule has 0 saturated heterocycles. The van der Waals surface area contributed by atoms with E-state index in [2.05, 4.69) is 10.9 Å².